The predicted octanol–water partition coefficient (Wildman–Crippen LogP) is 1.16. The molecule has 1 aromatic heterocycles. The average molecular weight is 402 g/mol. The highest BCUT2D eigenvalue weighted by Gasteiger charge is 2.35. The van der Waals surface area contributed by atoms with Crippen LogP contribution in [0.25, 0.3) is 0 Å². The van der Waals surface area contributed by atoms with Gasteiger partial charge in [0.15, 0.2) is 0 Å². The van der Waals surface area contributed by atoms with E-state index in [0.717, 1.165) is 68.9 Å². The number of piperidine rings is 1. The lowest BCUT2D eigenvalue weighted by Crippen LogP contribution is -2.52. The Balaban J connectivity index is 1.27. The minimum Gasteiger partial charge on any atom is -0.368 e. The third-order valence-corrected chi connectivity index (χ3v) is 6.56. The van der Waals surface area contributed by atoms with E-state index >= 15 is 0 Å². The highest BCUT2D eigenvalue weighted by molar-refractivity contribution is 5.82. The number of carbonyl (C=O) groups excluding carboxylic acids is 2. The van der Waals surface area contributed by atoms with E-state index in [1.54, 1.807) is 6.33 Å². The maximum absolute atomic E-state index is 13.0. The van der Waals surface area contributed by atoms with E-state index < -0.39 is 0 Å². The van der Waals surface area contributed by atoms with E-state index in [2.05, 4.69) is 14.9 Å². The zero-order valence-electron chi connectivity index (χ0n) is 17.5. The van der Waals surface area contributed by atoms with Gasteiger partial charge in [0.05, 0.1) is 0 Å². The van der Waals surface area contributed by atoms with Gasteiger partial charge in [0, 0.05) is 63.1 Å². The third-order valence-electron chi connectivity index (χ3n) is 6.56. The largest absolute Gasteiger partial charge is 0.368 e. The molecule has 3 saturated heterocycles. The van der Waals surface area contributed by atoms with Gasteiger partial charge in [-0.05, 0) is 39.5 Å². The topological polar surface area (TPSA) is 78.9 Å². The minimum atomic E-state index is -0.260. The Kier molecular flexibility index (Phi) is 5.99. The molecule has 1 atom stereocenters. The molecule has 3 aliphatic heterocycles. The SMILES string of the molecule is Cc1ncnc(N2CCN(C(=O)C3CCN(C(=O)C4CCCO4)CC3)CC2)c1C. The number of hydrogen-bond donors (Lipinski definition) is 0. The first-order chi connectivity index (χ1) is 14.0. The monoisotopic (exact) mass is 401 g/mol. The summed E-state index contributed by atoms with van der Waals surface area (Å²) in [5, 5.41) is 0. The summed E-state index contributed by atoms with van der Waals surface area (Å²) in [5.74, 6) is 1.35. The molecule has 3 aliphatic rings. The fourth-order valence-corrected chi connectivity index (χ4v) is 4.56. The summed E-state index contributed by atoms with van der Waals surface area (Å²) in [5.41, 5.74) is 2.10. The number of ether oxygens (including phenoxy) is 1. The lowest BCUT2D eigenvalue weighted by atomic mass is 9.94. The number of likely N-dealkylation sites (tertiary alicyclic amines) is 1. The van der Waals surface area contributed by atoms with Crippen molar-refractivity contribution in [3.63, 3.8) is 0 Å². The van der Waals surface area contributed by atoms with E-state index in [-0.39, 0.29) is 23.8 Å². The van der Waals surface area contributed by atoms with Gasteiger partial charge >= 0.3 is 0 Å². The standard InChI is InChI=1S/C21H31N5O3/c1-15-16(2)22-14-23-19(15)24-9-11-26(12-10-24)20(27)17-5-7-25(8-6-17)21(28)18-4-3-13-29-18/h14,17-18H,3-13H2,1-2H3. The van der Waals surface area contributed by atoms with Crippen molar-refractivity contribution in [2.24, 2.45) is 5.92 Å². The van der Waals surface area contributed by atoms with Crippen LogP contribution < -0.4 is 4.90 Å². The molecule has 0 aromatic carbocycles. The molecule has 0 saturated carbocycles. The Labute approximate surface area is 172 Å². The summed E-state index contributed by atoms with van der Waals surface area (Å²) in [7, 11) is 0. The van der Waals surface area contributed by atoms with Gasteiger partial charge in [0.1, 0.15) is 18.2 Å². The molecule has 1 aromatic rings. The van der Waals surface area contributed by atoms with Crippen molar-refractivity contribution in [3.8, 4) is 0 Å². The second-order valence-corrected chi connectivity index (χ2v) is 8.32. The van der Waals surface area contributed by atoms with Crippen molar-refractivity contribution in [2.75, 3.05) is 50.8 Å². The minimum absolute atomic E-state index is 0.0260. The molecule has 8 nitrogen and oxygen atoms in total. The Morgan fingerprint density at radius 2 is 1.62 bits per heavy atom. The molecule has 3 fully saturated rings. The third kappa shape index (κ3) is 4.22. The molecular weight excluding hydrogens is 370 g/mol. The number of nitrogens with zero attached hydrogens (tertiary/aromatic N) is 5. The summed E-state index contributed by atoms with van der Waals surface area (Å²) in [4.78, 5) is 40.3. The quantitative estimate of drug-likeness (QED) is 0.756. The Bertz CT molecular complexity index is 749. The number of anilines is 1. The van der Waals surface area contributed by atoms with Gasteiger partial charge < -0.3 is 19.4 Å². The van der Waals surface area contributed by atoms with Crippen LogP contribution >= 0.6 is 0 Å². The van der Waals surface area contributed by atoms with Crippen molar-refractivity contribution in [2.45, 2.75) is 45.6 Å². The second-order valence-electron chi connectivity index (χ2n) is 8.32. The fourth-order valence-electron chi connectivity index (χ4n) is 4.56. The van der Waals surface area contributed by atoms with Crippen LogP contribution in [0.2, 0.25) is 0 Å². The van der Waals surface area contributed by atoms with Crippen LogP contribution in [0.3, 0.4) is 0 Å². The molecule has 0 spiro atoms. The number of hydrogen-bond acceptors (Lipinski definition) is 6. The van der Waals surface area contributed by atoms with E-state index in [1.165, 1.54) is 0 Å². The number of aromatic nitrogens is 2. The lowest BCUT2D eigenvalue weighted by Gasteiger charge is -2.39. The van der Waals surface area contributed by atoms with Gasteiger partial charge in [-0.3, -0.25) is 9.59 Å². The molecule has 0 aliphatic carbocycles. The van der Waals surface area contributed by atoms with Crippen LogP contribution in [0.4, 0.5) is 5.82 Å². The molecule has 2 amide bonds. The van der Waals surface area contributed by atoms with Gasteiger partial charge in [0.25, 0.3) is 5.91 Å². The number of carbonyl (C=O) groups is 2. The predicted molar refractivity (Wildman–Crippen MR) is 109 cm³/mol. The summed E-state index contributed by atoms with van der Waals surface area (Å²) in [6.45, 7) is 9.07. The zero-order valence-corrected chi connectivity index (χ0v) is 17.5. The molecule has 8 heteroatoms. The first-order valence-corrected chi connectivity index (χ1v) is 10.8. The van der Waals surface area contributed by atoms with Crippen LogP contribution in [0, 0.1) is 19.8 Å². The maximum atomic E-state index is 13.0. The Morgan fingerprint density at radius 3 is 2.28 bits per heavy atom. The van der Waals surface area contributed by atoms with Crippen LogP contribution in [0.15, 0.2) is 6.33 Å². The Hall–Kier alpha value is -2.22. The highest BCUT2D eigenvalue weighted by atomic mass is 16.5. The molecule has 158 valence electrons. The summed E-state index contributed by atoms with van der Waals surface area (Å²) in [6, 6.07) is 0. The van der Waals surface area contributed by atoms with Crippen molar-refractivity contribution in [1.29, 1.82) is 0 Å². The molecule has 29 heavy (non-hydrogen) atoms. The van der Waals surface area contributed by atoms with Crippen LogP contribution in [0.5, 0.6) is 0 Å². The normalized spacial score (nSPS) is 23.5. The number of amides is 2. The van der Waals surface area contributed by atoms with Crippen molar-refractivity contribution < 1.29 is 14.3 Å². The molecule has 0 radical (unpaired) electrons. The van der Waals surface area contributed by atoms with Gasteiger partial charge in [0.2, 0.25) is 5.91 Å². The highest BCUT2D eigenvalue weighted by Crippen LogP contribution is 2.25. The molecule has 1 unspecified atom stereocenters. The van der Waals surface area contributed by atoms with E-state index in [0.29, 0.717) is 19.7 Å². The molecular formula is C21H31N5O3. The Morgan fingerprint density at radius 1 is 0.931 bits per heavy atom. The fraction of sp³-hybridized carbons (Fsp3) is 0.714. The first-order valence-electron chi connectivity index (χ1n) is 10.8. The van der Waals surface area contributed by atoms with Crippen molar-refractivity contribution >= 4 is 17.6 Å². The van der Waals surface area contributed by atoms with Crippen LogP contribution in [-0.4, -0.2) is 83.6 Å². The van der Waals surface area contributed by atoms with E-state index in [9.17, 15) is 9.59 Å². The molecule has 0 N–H and O–H groups in total. The second kappa shape index (κ2) is 8.65. The van der Waals surface area contributed by atoms with Crippen LogP contribution in [-0.2, 0) is 14.3 Å². The molecule has 4 rings (SSSR count). The molecule has 4 heterocycles. The van der Waals surface area contributed by atoms with Crippen LogP contribution in [0.1, 0.15) is 36.9 Å². The average Bonchev–Trinajstić information content (AvgIpc) is 3.30. The number of aryl methyl sites for hydroxylation is 1. The molecule has 0 bridgehead atoms. The maximum Gasteiger partial charge on any atom is 0.251 e. The van der Waals surface area contributed by atoms with Crippen molar-refractivity contribution in [1.82, 2.24) is 19.8 Å². The zero-order chi connectivity index (χ0) is 20.4. The van der Waals surface area contributed by atoms with Crippen molar-refractivity contribution in [3.05, 3.63) is 17.6 Å². The number of rotatable bonds is 3. The summed E-state index contributed by atoms with van der Waals surface area (Å²) < 4.78 is 5.52. The van der Waals surface area contributed by atoms with Gasteiger partial charge in [-0.15, -0.1) is 0 Å². The summed E-state index contributed by atoms with van der Waals surface area (Å²) in [6.07, 6.45) is 4.65. The lowest BCUT2D eigenvalue weighted by molar-refractivity contribution is -0.146. The number of piperazine rings is 1. The van der Waals surface area contributed by atoms with E-state index in [4.69, 9.17) is 4.74 Å². The summed E-state index contributed by atoms with van der Waals surface area (Å²) >= 11 is 0. The van der Waals surface area contributed by atoms with Gasteiger partial charge in [-0.2, -0.15) is 0 Å². The van der Waals surface area contributed by atoms with Gasteiger partial charge in [-0.1, -0.05) is 0 Å². The smallest absolute Gasteiger partial charge is 0.251 e. The van der Waals surface area contributed by atoms with E-state index in [1.807, 2.05) is 23.6 Å². The van der Waals surface area contributed by atoms with Gasteiger partial charge in [-0.25, -0.2) is 9.97 Å². The first kappa shape index (κ1) is 20.1.